The van der Waals surface area contributed by atoms with Gasteiger partial charge >= 0.3 is 0 Å². The Kier molecular flexibility index (Phi) is 7.25. The van der Waals surface area contributed by atoms with E-state index in [9.17, 15) is 18.0 Å². The van der Waals surface area contributed by atoms with Crippen molar-refractivity contribution in [2.24, 2.45) is 0 Å². The molecule has 2 aromatic carbocycles. The number of ether oxygens (including phenoxy) is 2. The molecule has 3 aromatic rings. The van der Waals surface area contributed by atoms with Gasteiger partial charge in [-0.15, -0.1) is 0 Å². The highest BCUT2D eigenvalue weighted by atomic mass is 19.2. The maximum absolute atomic E-state index is 13.9. The van der Waals surface area contributed by atoms with Crippen molar-refractivity contribution in [3.63, 3.8) is 0 Å². The number of aryl methyl sites for hydroxylation is 1. The zero-order chi connectivity index (χ0) is 25.1. The number of imidazole rings is 1. The highest BCUT2D eigenvalue weighted by Gasteiger charge is 2.31. The van der Waals surface area contributed by atoms with E-state index >= 15 is 0 Å². The molecular weight excluding hydrogens is 459 g/mol. The van der Waals surface area contributed by atoms with Crippen LogP contribution in [0.4, 0.5) is 13.2 Å². The number of aromatic nitrogens is 2. The standard InChI is InChI=1S/C26H26F3N3O3/c1-16-13-31(15-30-16)22-7-6-17(10-24(22)35-3)9-18-5-4-8-32(26(18)33)23(14-34-2)19-11-20(27)25(29)21(28)12-19/h6-7,9-13,15,23H,4-5,8,14H2,1-3H3/t23-/m0/s1. The first-order valence-corrected chi connectivity index (χ1v) is 11.2. The maximum atomic E-state index is 13.9. The third kappa shape index (κ3) is 5.09. The molecule has 6 nitrogen and oxygen atoms in total. The highest BCUT2D eigenvalue weighted by Crippen LogP contribution is 2.32. The van der Waals surface area contributed by atoms with Gasteiger partial charge in [-0.1, -0.05) is 6.07 Å². The van der Waals surface area contributed by atoms with Crippen LogP contribution in [-0.2, 0) is 9.53 Å². The molecule has 1 aliphatic heterocycles. The lowest BCUT2D eigenvalue weighted by Gasteiger charge is -2.35. The molecule has 0 aliphatic carbocycles. The van der Waals surface area contributed by atoms with Crippen molar-refractivity contribution in [2.75, 3.05) is 27.4 Å². The van der Waals surface area contributed by atoms with Gasteiger partial charge in [0.1, 0.15) is 5.75 Å². The van der Waals surface area contributed by atoms with Gasteiger partial charge in [0, 0.05) is 25.4 Å². The maximum Gasteiger partial charge on any atom is 0.250 e. The number of hydrogen-bond donors (Lipinski definition) is 0. The number of methoxy groups -OCH3 is 2. The summed E-state index contributed by atoms with van der Waals surface area (Å²) in [6.45, 7) is 2.29. The highest BCUT2D eigenvalue weighted by molar-refractivity contribution is 5.98. The van der Waals surface area contributed by atoms with Crippen molar-refractivity contribution in [3.05, 3.63) is 82.7 Å². The fourth-order valence-electron chi connectivity index (χ4n) is 4.31. The first-order valence-electron chi connectivity index (χ1n) is 11.2. The summed E-state index contributed by atoms with van der Waals surface area (Å²) >= 11 is 0. The molecule has 1 aromatic heterocycles. The number of amides is 1. The van der Waals surface area contributed by atoms with E-state index in [1.165, 1.54) is 12.0 Å². The van der Waals surface area contributed by atoms with Crippen LogP contribution in [0.25, 0.3) is 11.8 Å². The molecule has 184 valence electrons. The first-order chi connectivity index (χ1) is 16.8. The van der Waals surface area contributed by atoms with Crippen LogP contribution < -0.4 is 4.74 Å². The molecule has 1 atom stereocenters. The first kappa shape index (κ1) is 24.5. The van der Waals surface area contributed by atoms with Crippen molar-refractivity contribution < 1.29 is 27.4 Å². The average molecular weight is 486 g/mol. The Labute approximate surface area is 201 Å². The smallest absolute Gasteiger partial charge is 0.250 e. The Morgan fingerprint density at radius 2 is 1.89 bits per heavy atom. The quantitative estimate of drug-likeness (QED) is 0.349. The van der Waals surface area contributed by atoms with Crippen LogP contribution in [0.3, 0.4) is 0 Å². The van der Waals surface area contributed by atoms with Crippen molar-refractivity contribution in [3.8, 4) is 11.4 Å². The zero-order valence-corrected chi connectivity index (χ0v) is 19.7. The van der Waals surface area contributed by atoms with E-state index in [1.807, 2.05) is 35.9 Å². The molecule has 35 heavy (non-hydrogen) atoms. The molecule has 1 fully saturated rings. The number of rotatable bonds is 7. The van der Waals surface area contributed by atoms with E-state index in [-0.39, 0.29) is 18.1 Å². The molecule has 0 unspecified atom stereocenters. The summed E-state index contributed by atoms with van der Waals surface area (Å²) in [7, 11) is 3.01. The Hall–Kier alpha value is -3.59. The minimum absolute atomic E-state index is 0.0103. The lowest BCUT2D eigenvalue weighted by Crippen LogP contribution is -2.41. The number of hydrogen-bond acceptors (Lipinski definition) is 4. The van der Waals surface area contributed by atoms with Gasteiger partial charge in [-0.05, 0) is 61.2 Å². The van der Waals surface area contributed by atoms with E-state index in [2.05, 4.69) is 4.98 Å². The third-order valence-corrected chi connectivity index (χ3v) is 6.01. The average Bonchev–Trinajstić information content (AvgIpc) is 3.28. The van der Waals surface area contributed by atoms with E-state index in [1.54, 1.807) is 19.5 Å². The van der Waals surface area contributed by atoms with Crippen LogP contribution in [0.2, 0.25) is 0 Å². The summed E-state index contributed by atoms with van der Waals surface area (Å²) < 4.78 is 54.0. The number of carbonyl (C=O) groups is 1. The van der Waals surface area contributed by atoms with E-state index in [0.29, 0.717) is 30.7 Å². The van der Waals surface area contributed by atoms with Crippen LogP contribution in [0.15, 0.2) is 48.4 Å². The third-order valence-electron chi connectivity index (χ3n) is 6.01. The minimum Gasteiger partial charge on any atom is -0.495 e. The summed E-state index contributed by atoms with van der Waals surface area (Å²) in [6.07, 6.45) is 6.58. The Balaban J connectivity index is 1.64. The number of halogens is 3. The number of benzene rings is 2. The summed E-state index contributed by atoms with van der Waals surface area (Å²) in [5, 5.41) is 0. The second kappa shape index (κ2) is 10.4. The van der Waals surface area contributed by atoms with Crippen LogP contribution in [-0.4, -0.2) is 47.7 Å². The van der Waals surface area contributed by atoms with Gasteiger partial charge in [-0.2, -0.15) is 0 Å². The summed E-state index contributed by atoms with van der Waals surface area (Å²) in [4.78, 5) is 19.2. The fourth-order valence-corrected chi connectivity index (χ4v) is 4.31. The summed E-state index contributed by atoms with van der Waals surface area (Å²) in [6, 6.07) is 6.66. The van der Waals surface area contributed by atoms with Crippen molar-refractivity contribution in [1.82, 2.24) is 14.5 Å². The number of piperidine rings is 1. The van der Waals surface area contributed by atoms with Crippen molar-refractivity contribution in [1.29, 1.82) is 0 Å². The lowest BCUT2D eigenvalue weighted by atomic mass is 9.96. The van der Waals surface area contributed by atoms with Gasteiger partial charge in [0.05, 0.1) is 37.5 Å². The van der Waals surface area contributed by atoms with Gasteiger partial charge in [0.15, 0.2) is 17.5 Å². The number of likely N-dealkylation sites (tertiary alicyclic amines) is 1. The molecular formula is C26H26F3N3O3. The van der Waals surface area contributed by atoms with Crippen LogP contribution >= 0.6 is 0 Å². The second-order valence-electron chi connectivity index (χ2n) is 8.39. The largest absolute Gasteiger partial charge is 0.495 e. The molecule has 1 saturated heterocycles. The van der Waals surface area contributed by atoms with Crippen LogP contribution in [0, 0.1) is 24.4 Å². The molecule has 0 bridgehead atoms. The summed E-state index contributed by atoms with van der Waals surface area (Å²) in [5.41, 5.74) is 3.15. The molecule has 0 saturated carbocycles. The van der Waals surface area contributed by atoms with Gasteiger partial charge in [-0.25, -0.2) is 18.2 Å². The molecule has 0 spiro atoms. The predicted molar refractivity (Wildman–Crippen MR) is 125 cm³/mol. The Morgan fingerprint density at radius 1 is 1.14 bits per heavy atom. The number of carbonyl (C=O) groups excluding carboxylic acids is 1. The van der Waals surface area contributed by atoms with Crippen molar-refractivity contribution in [2.45, 2.75) is 25.8 Å². The normalized spacial score (nSPS) is 16.1. The lowest BCUT2D eigenvalue weighted by molar-refractivity contribution is -0.132. The zero-order valence-electron chi connectivity index (χ0n) is 19.7. The van der Waals surface area contributed by atoms with Gasteiger partial charge in [-0.3, -0.25) is 4.79 Å². The molecule has 1 aliphatic rings. The van der Waals surface area contributed by atoms with Crippen molar-refractivity contribution >= 4 is 12.0 Å². The van der Waals surface area contributed by atoms with E-state index in [4.69, 9.17) is 9.47 Å². The molecule has 9 heteroatoms. The molecule has 0 radical (unpaired) electrons. The van der Waals surface area contributed by atoms with E-state index in [0.717, 1.165) is 29.1 Å². The minimum atomic E-state index is -1.54. The van der Waals surface area contributed by atoms with Gasteiger partial charge in [0.25, 0.3) is 0 Å². The van der Waals surface area contributed by atoms with Crippen LogP contribution in [0.1, 0.15) is 35.7 Å². The molecule has 2 heterocycles. The van der Waals surface area contributed by atoms with Gasteiger partial charge in [0.2, 0.25) is 5.91 Å². The Morgan fingerprint density at radius 3 is 2.51 bits per heavy atom. The second-order valence-corrected chi connectivity index (χ2v) is 8.39. The van der Waals surface area contributed by atoms with Gasteiger partial charge < -0.3 is 18.9 Å². The number of nitrogens with zero attached hydrogens (tertiary/aromatic N) is 3. The SMILES string of the molecule is COC[C@@H](c1cc(F)c(F)c(F)c1)N1CCCC(=Cc2ccc(-n3cnc(C)c3)c(OC)c2)C1=O. The van der Waals surface area contributed by atoms with E-state index < -0.39 is 23.5 Å². The molecule has 4 rings (SSSR count). The topological polar surface area (TPSA) is 56.6 Å². The fraction of sp³-hybridized carbons (Fsp3) is 0.308. The molecule has 1 amide bonds. The molecule has 0 N–H and O–H groups in total. The predicted octanol–water partition coefficient (Wildman–Crippen LogP) is 5.00. The van der Waals surface area contributed by atoms with Crippen LogP contribution in [0.5, 0.6) is 5.75 Å². The Bertz CT molecular complexity index is 1250. The monoisotopic (exact) mass is 485 g/mol. The summed E-state index contributed by atoms with van der Waals surface area (Å²) in [5.74, 6) is -3.80.